The molecular weight excluding hydrogens is 182 g/mol. The van der Waals surface area contributed by atoms with Crippen molar-refractivity contribution in [3.63, 3.8) is 0 Å². The second-order valence-electron chi connectivity index (χ2n) is 3.80. The van der Waals surface area contributed by atoms with Crippen molar-refractivity contribution < 1.29 is 14.3 Å². The van der Waals surface area contributed by atoms with Gasteiger partial charge in [-0.1, -0.05) is 0 Å². The highest BCUT2D eigenvalue weighted by atomic mass is 16.5. The minimum atomic E-state index is -0.540. The highest BCUT2D eigenvalue weighted by molar-refractivity contribution is 5.87. The van der Waals surface area contributed by atoms with Gasteiger partial charge >= 0.3 is 0 Å². The number of carbonyl (C=O) groups excluding carboxylic acids is 2. The maximum absolute atomic E-state index is 11.3. The highest BCUT2D eigenvalue weighted by Crippen LogP contribution is 2.25. The van der Waals surface area contributed by atoms with Crippen molar-refractivity contribution in [2.45, 2.75) is 31.7 Å². The first-order chi connectivity index (χ1) is 6.65. The molecule has 0 spiro atoms. The van der Waals surface area contributed by atoms with Gasteiger partial charge in [-0.25, -0.2) is 0 Å². The Kier molecular flexibility index (Phi) is 4.22. The van der Waals surface area contributed by atoms with Crippen LogP contribution in [0.3, 0.4) is 0 Å². The zero-order chi connectivity index (χ0) is 10.6. The van der Waals surface area contributed by atoms with Crippen LogP contribution in [0.15, 0.2) is 0 Å². The Balaban J connectivity index is 2.35. The number of ether oxygens (including phenoxy) is 1. The van der Waals surface area contributed by atoms with Crippen LogP contribution in [0.1, 0.15) is 25.7 Å². The molecule has 1 saturated carbocycles. The van der Waals surface area contributed by atoms with Gasteiger partial charge in [-0.2, -0.15) is 0 Å². The minimum Gasteiger partial charge on any atom is -0.377 e. The largest absolute Gasteiger partial charge is 0.377 e. The Morgan fingerprint density at radius 3 is 2.93 bits per heavy atom. The summed E-state index contributed by atoms with van der Waals surface area (Å²) in [6, 6.07) is -0.540. The molecule has 4 nitrogen and oxygen atoms in total. The molecule has 0 unspecified atom stereocenters. The smallest absolute Gasteiger partial charge is 0.175 e. The number of ketones is 2. The second kappa shape index (κ2) is 5.22. The first-order valence-electron chi connectivity index (χ1n) is 4.95. The number of rotatable bonds is 5. The molecule has 0 aromatic heterocycles. The molecule has 1 aliphatic carbocycles. The van der Waals surface area contributed by atoms with Crippen LogP contribution in [-0.4, -0.2) is 31.3 Å². The van der Waals surface area contributed by atoms with Crippen LogP contribution in [-0.2, 0) is 14.3 Å². The lowest BCUT2D eigenvalue weighted by Gasteiger charge is -2.13. The monoisotopic (exact) mass is 199 g/mol. The number of hydrogen-bond acceptors (Lipinski definition) is 4. The van der Waals surface area contributed by atoms with Crippen molar-refractivity contribution in [2.75, 3.05) is 13.7 Å². The third-order valence-corrected chi connectivity index (χ3v) is 2.67. The molecule has 0 aromatic carbocycles. The number of hydrogen-bond donors (Lipinski definition) is 1. The number of methoxy groups -OCH3 is 1. The van der Waals surface area contributed by atoms with Gasteiger partial charge in [-0.15, -0.1) is 0 Å². The lowest BCUT2D eigenvalue weighted by molar-refractivity contribution is -0.125. The molecule has 1 aliphatic rings. The van der Waals surface area contributed by atoms with Gasteiger partial charge < -0.3 is 10.5 Å². The second-order valence-corrected chi connectivity index (χ2v) is 3.80. The summed E-state index contributed by atoms with van der Waals surface area (Å²) in [5, 5.41) is 0. The van der Waals surface area contributed by atoms with Gasteiger partial charge in [0.25, 0.3) is 0 Å². The molecule has 1 rings (SSSR count). The Morgan fingerprint density at radius 2 is 2.43 bits per heavy atom. The Hall–Kier alpha value is -0.740. The van der Waals surface area contributed by atoms with E-state index in [1.54, 1.807) is 0 Å². The van der Waals surface area contributed by atoms with E-state index in [1.807, 2.05) is 0 Å². The molecule has 2 N–H and O–H groups in total. The van der Waals surface area contributed by atoms with E-state index in [1.165, 1.54) is 7.11 Å². The predicted molar refractivity (Wildman–Crippen MR) is 51.8 cm³/mol. The van der Waals surface area contributed by atoms with Crippen molar-refractivity contribution in [2.24, 2.45) is 11.7 Å². The SMILES string of the molecule is COCC(=O)[C@@H](N)C[C@@H]1CCCC1=O. The van der Waals surface area contributed by atoms with Gasteiger partial charge in [0, 0.05) is 19.4 Å². The number of Topliss-reactive ketones (excluding diaryl/α,β-unsaturated/α-hetero) is 2. The normalized spacial score (nSPS) is 23.9. The van der Waals surface area contributed by atoms with Crippen LogP contribution in [0.5, 0.6) is 0 Å². The fourth-order valence-corrected chi connectivity index (χ4v) is 1.82. The summed E-state index contributed by atoms with van der Waals surface area (Å²) in [4.78, 5) is 22.6. The van der Waals surface area contributed by atoms with Crippen LogP contribution in [0.4, 0.5) is 0 Å². The molecule has 0 bridgehead atoms. The highest BCUT2D eigenvalue weighted by Gasteiger charge is 2.28. The van der Waals surface area contributed by atoms with Gasteiger partial charge in [0.15, 0.2) is 5.78 Å². The Labute approximate surface area is 83.8 Å². The maximum Gasteiger partial charge on any atom is 0.175 e. The molecule has 0 saturated heterocycles. The number of carbonyl (C=O) groups is 2. The van der Waals surface area contributed by atoms with Crippen LogP contribution in [0, 0.1) is 5.92 Å². The summed E-state index contributed by atoms with van der Waals surface area (Å²) in [6.07, 6.45) is 2.96. The van der Waals surface area contributed by atoms with E-state index in [4.69, 9.17) is 10.5 Å². The molecule has 0 radical (unpaired) electrons. The third-order valence-electron chi connectivity index (χ3n) is 2.67. The first kappa shape index (κ1) is 11.3. The van der Waals surface area contributed by atoms with Gasteiger partial charge in [-0.3, -0.25) is 9.59 Å². The van der Waals surface area contributed by atoms with Crippen LogP contribution in [0.2, 0.25) is 0 Å². The van der Waals surface area contributed by atoms with E-state index in [0.717, 1.165) is 12.8 Å². The quantitative estimate of drug-likeness (QED) is 0.691. The summed E-state index contributed by atoms with van der Waals surface area (Å²) in [6.45, 7) is 0.0437. The molecule has 0 aromatic rings. The maximum atomic E-state index is 11.3. The first-order valence-corrected chi connectivity index (χ1v) is 4.95. The van der Waals surface area contributed by atoms with Crippen molar-refractivity contribution in [1.29, 1.82) is 0 Å². The zero-order valence-corrected chi connectivity index (χ0v) is 8.49. The summed E-state index contributed by atoms with van der Waals surface area (Å²) in [7, 11) is 1.46. The molecule has 4 heteroatoms. The van der Waals surface area contributed by atoms with E-state index in [9.17, 15) is 9.59 Å². The average molecular weight is 199 g/mol. The van der Waals surface area contributed by atoms with Gasteiger partial charge in [0.2, 0.25) is 0 Å². The molecule has 1 fully saturated rings. The van der Waals surface area contributed by atoms with E-state index in [2.05, 4.69) is 0 Å². The average Bonchev–Trinajstić information content (AvgIpc) is 2.52. The fraction of sp³-hybridized carbons (Fsp3) is 0.800. The van der Waals surface area contributed by atoms with Crippen molar-refractivity contribution >= 4 is 11.6 Å². The van der Waals surface area contributed by atoms with E-state index in [0.29, 0.717) is 12.8 Å². The summed E-state index contributed by atoms with van der Waals surface area (Å²) >= 11 is 0. The molecule has 0 amide bonds. The minimum absolute atomic E-state index is 0.00538. The lowest BCUT2D eigenvalue weighted by Crippen LogP contribution is -2.35. The molecule has 80 valence electrons. The van der Waals surface area contributed by atoms with Crippen molar-refractivity contribution in [3.05, 3.63) is 0 Å². The lowest BCUT2D eigenvalue weighted by atomic mass is 9.96. The molecule has 0 heterocycles. The fourth-order valence-electron chi connectivity index (χ4n) is 1.82. The van der Waals surface area contributed by atoms with E-state index in [-0.39, 0.29) is 24.1 Å². The third kappa shape index (κ3) is 2.89. The van der Waals surface area contributed by atoms with Crippen LogP contribution in [0.25, 0.3) is 0 Å². The van der Waals surface area contributed by atoms with Gasteiger partial charge in [-0.05, 0) is 19.3 Å². The molecular formula is C10H17NO3. The summed E-state index contributed by atoms with van der Waals surface area (Å²) in [5.41, 5.74) is 5.66. The van der Waals surface area contributed by atoms with Crippen molar-refractivity contribution in [1.82, 2.24) is 0 Å². The van der Waals surface area contributed by atoms with E-state index >= 15 is 0 Å². The number of nitrogens with two attached hydrogens (primary N) is 1. The van der Waals surface area contributed by atoms with Crippen LogP contribution < -0.4 is 5.73 Å². The summed E-state index contributed by atoms with van der Waals surface area (Å²) < 4.78 is 4.70. The predicted octanol–water partition coefficient (Wildman–Crippen LogP) is 0.288. The molecule has 0 aliphatic heterocycles. The molecule has 14 heavy (non-hydrogen) atoms. The van der Waals surface area contributed by atoms with Gasteiger partial charge in [0.05, 0.1) is 6.04 Å². The van der Waals surface area contributed by atoms with E-state index < -0.39 is 6.04 Å². The standard InChI is InChI=1S/C10H17NO3/c1-14-6-10(13)8(11)5-7-3-2-4-9(7)12/h7-8H,2-6,11H2,1H3/t7-,8-/m0/s1. The van der Waals surface area contributed by atoms with Crippen LogP contribution >= 0.6 is 0 Å². The zero-order valence-electron chi connectivity index (χ0n) is 8.49. The topological polar surface area (TPSA) is 69.4 Å². The Morgan fingerprint density at radius 1 is 1.71 bits per heavy atom. The summed E-state index contributed by atoms with van der Waals surface area (Å²) in [5.74, 6) is 0.142. The Bertz CT molecular complexity index is 227. The van der Waals surface area contributed by atoms with Crippen molar-refractivity contribution in [3.8, 4) is 0 Å². The van der Waals surface area contributed by atoms with Gasteiger partial charge in [0.1, 0.15) is 12.4 Å². The molecule has 2 atom stereocenters.